The Hall–Kier alpha value is -3.12. The number of hydrogen-bond donors (Lipinski definition) is 1. The zero-order valence-corrected chi connectivity index (χ0v) is 17.5. The smallest absolute Gasteiger partial charge is 0.226 e. The molecule has 4 aromatic rings. The van der Waals surface area contributed by atoms with Gasteiger partial charge in [-0.2, -0.15) is 0 Å². The Balaban J connectivity index is 1.47. The molecule has 0 spiro atoms. The van der Waals surface area contributed by atoms with Crippen LogP contribution in [-0.4, -0.2) is 22.4 Å². The lowest BCUT2D eigenvalue weighted by atomic mass is 10.0. The van der Waals surface area contributed by atoms with Gasteiger partial charge in [-0.25, -0.2) is 4.98 Å². The van der Waals surface area contributed by atoms with E-state index in [9.17, 15) is 4.79 Å². The predicted molar refractivity (Wildman–Crippen MR) is 117 cm³/mol. The van der Waals surface area contributed by atoms with Crippen molar-refractivity contribution in [2.45, 2.75) is 26.8 Å². The third-order valence-corrected chi connectivity index (χ3v) is 5.94. The summed E-state index contributed by atoms with van der Waals surface area (Å²) in [5, 5.41) is 4.98. The second-order valence-corrected chi connectivity index (χ2v) is 7.95. The fraction of sp³-hybridized carbons (Fsp3) is 0.217. The Morgan fingerprint density at radius 3 is 2.83 bits per heavy atom. The van der Waals surface area contributed by atoms with E-state index < -0.39 is 0 Å². The van der Waals surface area contributed by atoms with E-state index in [2.05, 4.69) is 37.4 Å². The van der Waals surface area contributed by atoms with E-state index in [1.54, 1.807) is 18.4 Å². The molecule has 0 saturated heterocycles. The molecular weight excluding hydrogens is 382 g/mol. The molecule has 0 atom stereocenters. The second kappa shape index (κ2) is 8.09. The van der Waals surface area contributed by atoms with Gasteiger partial charge in [0.1, 0.15) is 5.75 Å². The summed E-state index contributed by atoms with van der Waals surface area (Å²) in [7, 11) is 1.64. The average Bonchev–Trinajstić information content (AvgIpc) is 3.31. The number of amides is 1. The molecule has 2 aromatic carbocycles. The van der Waals surface area contributed by atoms with E-state index in [-0.39, 0.29) is 5.91 Å². The Morgan fingerprint density at radius 1 is 1.17 bits per heavy atom. The molecule has 1 N–H and O–H groups in total. The summed E-state index contributed by atoms with van der Waals surface area (Å²) in [4.78, 5) is 18.1. The summed E-state index contributed by atoms with van der Waals surface area (Å²) in [6.07, 6.45) is 2.33. The van der Waals surface area contributed by atoms with Crippen molar-refractivity contribution < 1.29 is 9.53 Å². The standard InChI is InChI=1S/C23H23N3O2S/c1-15-7-8-18(9-16(15)2)21-13-26-19(14-29-23(26)25-21)11-22(27)24-12-17-5-4-6-20(10-17)28-3/h4-10,13-14H,11-12H2,1-3H3,(H,24,27). The molecule has 4 rings (SSSR count). The van der Waals surface area contributed by atoms with E-state index in [1.807, 2.05) is 40.2 Å². The van der Waals surface area contributed by atoms with Gasteiger partial charge >= 0.3 is 0 Å². The van der Waals surface area contributed by atoms with Gasteiger partial charge in [0.25, 0.3) is 0 Å². The number of ether oxygens (including phenoxy) is 1. The van der Waals surface area contributed by atoms with Gasteiger partial charge in [-0.3, -0.25) is 9.20 Å². The van der Waals surface area contributed by atoms with Crippen molar-refractivity contribution in [3.05, 3.63) is 76.4 Å². The average molecular weight is 406 g/mol. The van der Waals surface area contributed by atoms with E-state index in [1.165, 1.54) is 11.1 Å². The maximum Gasteiger partial charge on any atom is 0.226 e. The lowest BCUT2D eigenvalue weighted by Crippen LogP contribution is -2.25. The Bertz CT molecular complexity index is 1180. The number of nitrogens with zero attached hydrogens (tertiary/aromatic N) is 2. The Labute approximate surface area is 174 Å². The first-order valence-electron chi connectivity index (χ1n) is 9.46. The molecule has 5 nitrogen and oxygen atoms in total. The van der Waals surface area contributed by atoms with Gasteiger partial charge in [0.15, 0.2) is 4.96 Å². The molecule has 29 heavy (non-hydrogen) atoms. The van der Waals surface area contributed by atoms with Crippen LogP contribution >= 0.6 is 11.3 Å². The molecular formula is C23H23N3O2S. The zero-order valence-electron chi connectivity index (χ0n) is 16.7. The fourth-order valence-corrected chi connectivity index (χ4v) is 4.08. The summed E-state index contributed by atoms with van der Waals surface area (Å²) >= 11 is 1.55. The lowest BCUT2D eigenvalue weighted by Gasteiger charge is -2.07. The molecule has 0 aliphatic heterocycles. The van der Waals surface area contributed by atoms with Crippen molar-refractivity contribution in [3.8, 4) is 17.0 Å². The van der Waals surface area contributed by atoms with Crippen molar-refractivity contribution in [2.75, 3.05) is 7.11 Å². The van der Waals surface area contributed by atoms with Crippen LogP contribution in [0.3, 0.4) is 0 Å². The Morgan fingerprint density at radius 2 is 2.03 bits per heavy atom. The van der Waals surface area contributed by atoms with Crippen LogP contribution in [0.2, 0.25) is 0 Å². The summed E-state index contributed by atoms with van der Waals surface area (Å²) in [5.41, 5.74) is 6.48. The highest BCUT2D eigenvalue weighted by Crippen LogP contribution is 2.25. The minimum atomic E-state index is -0.0195. The van der Waals surface area contributed by atoms with Crippen molar-refractivity contribution in [3.63, 3.8) is 0 Å². The maximum absolute atomic E-state index is 12.5. The van der Waals surface area contributed by atoms with Gasteiger partial charge in [-0.1, -0.05) is 24.3 Å². The molecule has 1 amide bonds. The molecule has 0 aliphatic rings. The van der Waals surface area contributed by atoms with Crippen LogP contribution in [0.25, 0.3) is 16.2 Å². The molecule has 0 bridgehead atoms. The van der Waals surface area contributed by atoms with E-state index in [0.29, 0.717) is 13.0 Å². The number of aryl methyl sites for hydroxylation is 2. The van der Waals surface area contributed by atoms with Crippen LogP contribution < -0.4 is 10.1 Å². The molecule has 6 heteroatoms. The van der Waals surface area contributed by atoms with E-state index >= 15 is 0 Å². The van der Waals surface area contributed by atoms with Crippen molar-refractivity contribution in [1.82, 2.24) is 14.7 Å². The highest BCUT2D eigenvalue weighted by molar-refractivity contribution is 7.15. The third-order valence-electron chi connectivity index (χ3n) is 5.05. The van der Waals surface area contributed by atoms with Crippen LogP contribution in [0.1, 0.15) is 22.4 Å². The number of thiazole rings is 1. The van der Waals surface area contributed by atoms with Gasteiger partial charge in [-0.15, -0.1) is 11.3 Å². The fourth-order valence-electron chi connectivity index (χ4n) is 3.21. The summed E-state index contributed by atoms with van der Waals surface area (Å²) in [6.45, 7) is 4.68. The van der Waals surface area contributed by atoms with E-state index in [4.69, 9.17) is 9.72 Å². The monoisotopic (exact) mass is 405 g/mol. The number of rotatable bonds is 6. The molecule has 2 aromatic heterocycles. The molecule has 0 radical (unpaired) electrons. The van der Waals surface area contributed by atoms with Gasteiger partial charge in [0.2, 0.25) is 5.91 Å². The van der Waals surface area contributed by atoms with Crippen molar-refractivity contribution >= 4 is 22.2 Å². The van der Waals surface area contributed by atoms with Gasteiger partial charge in [0, 0.05) is 29.4 Å². The number of benzene rings is 2. The molecule has 148 valence electrons. The van der Waals surface area contributed by atoms with Gasteiger partial charge < -0.3 is 10.1 Å². The number of aromatic nitrogens is 2. The third kappa shape index (κ3) is 4.17. The number of imidazole rings is 1. The van der Waals surface area contributed by atoms with Crippen LogP contribution in [0, 0.1) is 13.8 Å². The van der Waals surface area contributed by atoms with Crippen LogP contribution in [0.5, 0.6) is 5.75 Å². The number of nitrogens with one attached hydrogen (secondary N) is 1. The summed E-state index contributed by atoms with van der Waals surface area (Å²) in [6, 6.07) is 14.1. The minimum absolute atomic E-state index is 0.0195. The number of fused-ring (bicyclic) bond motifs is 1. The van der Waals surface area contributed by atoms with Crippen molar-refractivity contribution in [1.29, 1.82) is 0 Å². The van der Waals surface area contributed by atoms with Crippen LogP contribution in [-0.2, 0) is 17.8 Å². The lowest BCUT2D eigenvalue weighted by molar-refractivity contribution is -0.120. The number of carbonyl (C=O) groups excluding carboxylic acids is 1. The largest absolute Gasteiger partial charge is 0.497 e. The highest BCUT2D eigenvalue weighted by atomic mass is 32.1. The first-order valence-corrected chi connectivity index (χ1v) is 10.3. The van der Waals surface area contributed by atoms with Crippen LogP contribution in [0.4, 0.5) is 0 Å². The molecule has 0 unspecified atom stereocenters. The first-order chi connectivity index (χ1) is 14.0. The van der Waals surface area contributed by atoms with Crippen molar-refractivity contribution in [2.24, 2.45) is 0 Å². The minimum Gasteiger partial charge on any atom is -0.497 e. The topological polar surface area (TPSA) is 55.6 Å². The number of methoxy groups -OCH3 is 1. The van der Waals surface area contributed by atoms with Gasteiger partial charge in [0.05, 0.1) is 19.2 Å². The van der Waals surface area contributed by atoms with E-state index in [0.717, 1.165) is 33.2 Å². The second-order valence-electron chi connectivity index (χ2n) is 7.11. The normalized spacial score (nSPS) is 11.0. The first kappa shape index (κ1) is 19.2. The quantitative estimate of drug-likeness (QED) is 0.512. The molecule has 0 saturated carbocycles. The maximum atomic E-state index is 12.5. The zero-order chi connectivity index (χ0) is 20.4. The number of hydrogen-bond acceptors (Lipinski definition) is 4. The van der Waals surface area contributed by atoms with Gasteiger partial charge in [-0.05, 0) is 48.7 Å². The number of carbonyl (C=O) groups is 1. The van der Waals surface area contributed by atoms with Crippen LogP contribution in [0.15, 0.2) is 54.0 Å². The Kier molecular flexibility index (Phi) is 5.36. The SMILES string of the molecule is COc1cccc(CNC(=O)Cc2csc3nc(-c4ccc(C)c(C)c4)cn23)c1. The summed E-state index contributed by atoms with van der Waals surface area (Å²) in [5.74, 6) is 0.766. The molecule has 0 aliphatic carbocycles. The molecule has 0 fully saturated rings. The highest BCUT2D eigenvalue weighted by Gasteiger charge is 2.13. The predicted octanol–water partition coefficient (Wildman–Crippen LogP) is 4.55. The summed E-state index contributed by atoms with van der Waals surface area (Å²) < 4.78 is 7.24. The molecule has 2 heterocycles.